The molecule has 2 aromatic rings. The summed E-state index contributed by atoms with van der Waals surface area (Å²) in [7, 11) is 0. The average molecular weight is 596 g/mol. The van der Waals surface area contributed by atoms with Crippen molar-refractivity contribution in [1.82, 2.24) is 0 Å². The Morgan fingerprint density at radius 3 is 1.95 bits per heavy atom. The molecule has 0 atom stereocenters. The first-order chi connectivity index (χ1) is 9.54. The Hall–Kier alpha value is -0.0700. The van der Waals surface area contributed by atoms with Gasteiger partial charge >= 0.3 is 0 Å². The Balaban J connectivity index is 2.45. The molecule has 0 heterocycles. The van der Waals surface area contributed by atoms with Crippen molar-refractivity contribution in [1.29, 1.82) is 0 Å². The molecule has 0 aliphatic rings. The fourth-order valence-corrected chi connectivity index (χ4v) is 2.07. The van der Waals surface area contributed by atoms with Crippen LogP contribution in [0.2, 0.25) is 0 Å². The molecule has 20 heavy (non-hydrogen) atoms. The average Bonchev–Trinajstić information content (AvgIpc) is 2.44. The van der Waals surface area contributed by atoms with Gasteiger partial charge in [0.2, 0.25) is 0 Å². The van der Waals surface area contributed by atoms with Crippen LogP contribution in [0.25, 0.3) is 11.6 Å². The summed E-state index contributed by atoms with van der Waals surface area (Å²) in [5.74, 6) is 6.60. The van der Waals surface area contributed by atoms with Gasteiger partial charge in [-0.1, -0.05) is 72.5 Å². The van der Waals surface area contributed by atoms with Crippen LogP contribution in [-0.2, 0) is 0 Å². The fraction of sp³-hybridized carbons (Fsp3) is 0.0588. The molecule has 0 radical (unpaired) electrons. The van der Waals surface area contributed by atoms with Gasteiger partial charge in [0.25, 0.3) is 0 Å². The van der Waals surface area contributed by atoms with E-state index in [1.165, 1.54) is 5.56 Å². The Kier molecular flexibility index (Phi) is 6.36. The van der Waals surface area contributed by atoms with E-state index in [0.717, 1.165) is 11.1 Å². The van der Waals surface area contributed by atoms with Gasteiger partial charge in [-0.05, 0) is 85.0 Å². The molecule has 0 aliphatic heterocycles. The summed E-state index contributed by atoms with van der Waals surface area (Å²) in [4.78, 5) is 0. The highest BCUT2D eigenvalue weighted by molar-refractivity contribution is 14.3. The molecule has 0 saturated carbocycles. The summed E-state index contributed by atoms with van der Waals surface area (Å²) in [6, 6.07) is 20.6. The molecule has 0 spiro atoms. The van der Waals surface area contributed by atoms with Crippen molar-refractivity contribution in [3.63, 3.8) is 0 Å². The van der Waals surface area contributed by atoms with Crippen molar-refractivity contribution >= 4 is 79.4 Å². The first-order valence-electron chi connectivity index (χ1n) is 5.97. The van der Waals surface area contributed by atoms with E-state index in [4.69, 9.17) is 0 Å². The summed E-state index contributed by atoms with van der Waals surface area (Å²) in [6.45, 7) is 0. The Morgan fingerprint density at radius 1 is 0.850 bits per heavy atom. The molecule has 0 aromatic heterocycles. The number of rotatable bonds is 2. The normalized spacial score (nSPS) is 11.7. The third-order valence-electron chi connectivity index (χ3n) is 2.53. The van der Waals surface area contributed by atoms with Gasteiger partial charge in [0.05, 0.1) is 0 Å². The van der Waals surface area contributed by atoms with Crippen molar-refractivity contribution in [3.8, 4) is 11.8 Å². The van der Waals surface area contributed by atoms with Crippen LogP contribution in [0.5, 0.6) is 0 Å². The van der Waals surface area contributed by atoms with Crippen molar-refractivity contribution in [3.05, 3.63) is 71.8 Å². The Bertz CT molecular complexity index is 641. The molecule has 2 aromatic carbocycles. The SMILES string of the molecule is IC(I)(I)C#C/C(=C/c1ccccc1)c1ccccc1. The van der Waals surface area contributed by atoms with Gasteiger partial charge in [-0.25, -0.2) is 0 Å². The largest absolute Gasteiger partial charge is 0.183 e. The summed E-state index contributed by atoms with van der Waals surface area (Å²) in [5, 5.41) is 0. The highest BCUT2D eigenvalue weighted by atomic mass is 127. The Labute approximate surface area is 160 Å². The molecule has 3 heteroatoms. The standard InChI is InChI=1S/C17H11I3/c18-17(19,20)12-11-16(15-9-5-2-6-10-15)13-14-7-3-1-4-8-14/h1-10,13H/b16-13-. The number of hydrogen-bond acceptors (Lipinski definition) is 0. The third-order valence-corrected chi connectivity index (χ3v) is 3.34. The predicted octanol–water partition coefficient (Wildman–Crippen LogP) is 6.19. The minimum absolute atomic E-state index is 0.0855. The second kappa shape index (κ2) is 7.80. The number of alkyl halides is 3. The lowest BCUT2D eigenvalue weighted by Gasteiger charge is -2.03. The topological polar surface area (TPSA) is 0 Å². The number of hydrogen-bond donors (Lipinski definition) is 0. The minimum Gasteiger partial charge on any atom is -0.0633 e. The molecular formula is C17H11I3. The van der Waals surface area contributed by atoms with Crippen LogP contribution in [-0.4, -0.2) is -0.565 Å². The lowest BCUT2D eigenvalue weighted by atomic mass is 10.0. The third kappa shape index (κ3) is 5.74. The number of halogens is 3. The molecule has 0 saturated heterocycles. The van der Waals surface area contributed by atoms with E-state index in [1.807, 2.05) is 36.4 Å². The lowest BCUT2D eigenvalue weighted by molar-refractivity contribution is 1.62. The summed E-state index contributed by atoms with van der Waals surface area (Å²) in [5.41, 5.74) is 3.37. The van der Waals surface area contributed by atoms with Crippen LogP contribution < -0.4 is 0 Å². The molecule has 0 aliphatic carbocycles. The zero-order chi connectivity index (χ0) is 14.4. The van der Waals surface area contributed by atoms with Gasteiger partial charge in [-0.2, -0.15) is 0 Å². The van der Waals surface area contributed by atoms with Crippen molar-refractivity contribution in [2.75, 3.05) is 0 Å². The van der Waals surface area contributed by atoms with Gasteiger partial charge in [-0.3, -0.25) is 0 Å². The van der Waals surface area contributed by atoms with E-state index in [9.17, 15) is 0 Å². The van der Waals surface area contributed by atoms with Crippen molar-refractivity contribution in [2.45, 2.75) is -0.565 Å². The second-order valence-corrected chi connectivity index (χ2v) is 15.1. The maximum absolute atomic E-state index is 3.31. The van der Waals surface area contributed by atoms with E-state index >= 15 is 0 Å². The van der Waals surface area contributed by atoms with Crippen molar-refractivity contribution < 1.29 is 0 Å². The molecular weight excluding hydrogens is 585 g/mol. The van der Waals surface area contributed by atoms with Crippen LogP contribution in [0.15, 0.2) is 60.7 Å². The molecule has 0 amide bonds. The van der Waals surface area contributed by atoms with Gasteiger partial charge in [0, 0.05) is 5.57 Å². The zero-order valence-electron chi connectivity index (χ0n) is 10.5. The first-order valence-corrected chi connectivity index (χ1v) is 9.20. The zero-order valence-corrected chi connectivity index (χ0v) is 17.0. The maximum Gasteiger partial charge on any atom is 0.183 e. The first kappa shape index (κ1) is 16.3. The van der Waals surface area contributed by atoms with Crippen LogP contribution in [0.1, 0.15) is 11.1 Å². The molecule has 0 N–H and O–H groups in total. The van der Waals surface area contributed by atoms with E-state index in [-0.39, 0.29) is -0.565 Å². The van der Waals surface area contributed by atoms with Gasteiger partial charge in [0.15, 0.2) is -0.565 Å². The second-order valence-electron chi connectivity index (χ2n) is 4.08. The van der Waals surface area contributed by atoms with Crippen LogP contribution in [0.3, 0.4) is 0 Å². The minimum atomic E-state index is -0.0855. The lowest BCUT2D eigenvalue weighted by Crippen LogP contribution is -1.92. The molecule has 0 bridgehead atoms. The van der Waals surface area contributed by atoms with Crippen molar-refractivity contribution in [2.24, 2.45) is 0 Å². The van der Waals surface area contributed by atoms with Gasteiger partial charge < -0.3 is 0 Å². The Morgan fingerprint density at radius 2 is 1.40 bits per heavy atom. The van der Waals surface area contributed by atoms with E-state index in [1.54, 1.807) is 0 Å². The molecule has 0 fully saturated rings. The molecule has 0 nitrogen and oxygen atoms in total. The smallest absolute Gasteiger partial charge is 0.0633 e. The van der Waals surface area contributed by atoms with Crippen LogP contribution in [0.4, 0.5) is 0 Å². The van der Waals surface area contributed by atoms with E-state index in [2.05, 4.69) is 110 Å². The molecule has 0 unspecified atom stereocenters. The van der Waals surface area contributed by atoms with Crippen LogP contribution >= 0.6 is 67.8 Å². The predicted molar refractivity (Wildman–Crippen MR) is 113 cm³/mol. The molecule has 2 rings (SSSR count). The fourth-order valence-electron chi connectivity index (χ4n) is 1.66. The summed E-state index contributed by atoms with van der Waals surface area (Å²) < 4.78 is -0.0855. The monoisotopic (exact) mass is 596 g/mol. The van der Waals surface area contributed by atoms with Gasteiger partial charge in [0.1, 0.15) is 0 Å². The summed E-state index contributed by atoms with van der Waals surface area (Å²) in [6.07, 6.45) is 2.14. The maximum atomic E-state index is 3.31. The highest BCUT2D eigenvalue weighted by Gasteiger charge is 2.12. The van der Waals surface area contributed by atoms with E-state index in [0.29, 0.717) is 0 Å². The van der Waals surface area contributed by atoms with Gasteiger partial charge in [-0.15, -0.1) is 0 Å². The quantitative estimate of drug-likeness (QED) is 0.168. The highest BCUT2D eigenvalue weighted by Crippen LogP contribution is 2.34. The number of allylic oxidation sites excluding steroid dienone is 1. The summed E-state index contributed by atoms with van der Waals surface area (Å²) >= 11 is 7.00. The van der Waals surface area contributed by atoms with Crippen LogP contribution in [0, 0.1) is 11.8 Å². The molecule has 100 valence electrons. The number of benzene rings is 2. The van der Waals surface area contributed by atoms with E-state index < -0.39 is 0 Å².